The molecule has 2 atom stereocenters. The SMILES string of the molecule is O=C(N[C@H]1CN2CCC1CC2)c1ccc[s+]1Oc1ccsc1. The third kappa shape index (κ3) is 2.78. The average Bonchev–Trinajstić information content (AvgIpc) is 3.21. The van der Waals surface area contributed by atoms with Gasteiger partial charge >= 0.3 is 5.91 Å². The molecule has 6 heteroatoms. The highest BCUT2D eigenvalue weighted by atomic mass is 32.2. The summed E-state index contributed by atoms with van der Waals surface area (Å²) in [7, 11) is -0.569. The second-order valence-electron chi connectivity index (χ2n) is 5.92. The van der Waals surface area contributed by atoms with Crippen LogP contribution in [0.3, 0.4) is 0 Å². The number of nitrogens with one attached hydrogen (secondary N) is 1. The molecule has 0 aromatic carbocycles. The average molecular weight is 335 g/mol. The van der Waals surface area contributed by atoms with Gasteiger partial charge in [0.1, 0.15) is 0 Å². The van der Waals surface area contributed by atoms with Gasteiger partial charge in [0.2, 0.25) is 16.5 Å². The lowest BCUT2D eigenvalue weighted by atomic mass is 9.84. The Balaban J connectivity index is 1.46. The Hall–Kier alpha value is -1.37. The number of nitrogens with zero attached hydrogens (tertiary/aromatic N) is 1. The maximum Gasteiger partial charge on any atom is 0.308 e. The van der Waals surface area contributed by atoms with Gasteiger partial charge in [0.05, 0.1) is 0 Å². The predicted molar refractivity (Wildman–Crippen MR) is 89.7 cm³/mol. The molecule has 1 N–H and O–H groups in total. The molecule has 3 saturated heterocycles. The van der Waals surface area contributed by atoms with E-state index in [1.807, 2.05) is 34.3 Å². The molecule has 3 fully saturated rings. The highest BCUT2D eigenvalue weighted by Gasteiger charge is 2.36. The van der Waals surface area contributed by atoms with Gasteiger partial charge < -0.3 is 10.2 Å². The summed E-state index contributed by atoms with van der Waals surface area (Å²) in [4.78, 5) is 15.8. The van der Waals surface area contributed by atoms with Crippen molar-refractivity contribution in [3.8, 4) is 5.75 Å². The van der Waals surface area contributed by atoms with Crippen molar-refractivity contribution in [1.29, 1.82) is 0 Å². The van der Waals surface area contributed by atoms with Crippen molar-refractivity contribution in [3.63, 3.8) is 0 Å². The number of hydrogen-bond donors (Lipinski definition) is 1. The Morgan fingerprint density at radius 3 is 2.91 bits per heavy atom. The zero-order chi connectivity index (χ0) is 14.9. The fraction of sp³-hybridized carbons (Fsp3) is 0.438. The lowest BCUT2D eigenvalue weighted by molar-refractivity contribution is 0.0622. The maximum atomic E-state index is 12.6. The second kappa shape index (κ2) is 6.02. The highest BCUT2D eigenvalue weighted by molar-refractivity contribution is 7.27. The molecule has 2 aromatic rings. The van der Waals surface area contributed by atoms with Gasteiger partial charge in [0.15, 0.2) is 5.38 Å². The van der Waals surface area contributed by atoms with Crippen molar-refractivity contribution >= 4 is 28.0 Å². The molecule has 1 amide bonds. The summed E-state index contributed by atoms with van der Waals surface area (Å²) >= 11 is 1.60. The molecule has 3 aliphatic heterocycles. The monoisotopic (exact) mass is 335 g/mol. The van der Waals surface area contributed by atoms with Gasteiger partial charge in [0.25, 0.3) is 4.88 Å². The van der Waals surface area contributed by atoms with E-state index in [1.54, 1.807) is 11.3 Å². The van der Waals surface area contributed by atoms with Crippen LogP contribution >= 0.6 is 22.1 Å². The minimum Gasteiger partial charge on any atom is -0.343 e. The summed E-state index contributed by atoms with van der Waals surface area (Å²) < 4.78 is 5.91. The first-order valence-electron chi connectivity index (χ1n) is 7.65. The van der Waals surface area contributed by atoms with E-state index < -0.39 is 10.8 Å². The van der Waals surface area contributed by atoms with Gasteiger partial charge in [-0.25, -0.2) is 0 Å². The van der Waals surface area contributed by atoms with E-state index in [0.717, 1.165) is 17.2 Å². The normalized spacial score (nSPS) is 27.6. The third-order valence-electron chi connectivity index (χ3n) is 4.54. The minimum atomic E-state index is -0.569. The quantitative estimate of drug-likeness (QED) is 0.873. The van der Waals surface area contributed by atoms with Crippen molar-refractivity contribution in [2.45, 2.75) is 18.9 Å². The first-order valence-corrected chi connectivity index (χ1v) is 9.80. The first-order chi connectivity index (χ1) is 10.8. The van der Waals surface area contributed by atoms with Crippen LogP contribution in [-0.4, -0.2) is 36.5 Å². The largest absolute Gasteiger partial charge is 0.343 e. The van der Waals surface area contributed by atoms with Crippen LogP contribution in [-0.2, 0) is 0 Å². The molecule has 1 unspecified atom stereocenters. The molecular formula is C16H19N2O2S2+. The number of fused-ring (bicyclic) bond motifs is 3. The van der Waals surface area contributed by atoms with Gasteiger partial charge in [-0.2, -0.15) is 0 Å². The van der Waals surface area contributed by atoms with Gasteiger partial charge in [-0.3, -0.25) is 8.98 Å². The Morgan fingerprint density at radius 1 is 1.36 bits per heavy atom. The topological polar surface area (TPSA) is 41.6 Å². The number of piperidine rings is 3. The summed E-state index contributed by atoms with van der Waals surface area (Å²) in [5, 5.41) is 9.15. The molecule has 2 aromatic heterocycles. The maximum absolute atomic E-state index is 12.6. The van der Waals surface area contributed by atoms with Crippen LogP contribution in [0.5, 0.6) is 5.75 Å². The van der Waals surface area contributed by atoms with Crippen molar-refractivity contribution in [2.75, 3.05) is 19.6 Å². The van der Waals surface area contributed by atoms with Crippen molar-refractivity contribution in [2.24, 2.45) is 5.92 Å². The number of amides is 1. The number of hydrogen-bond acceptors (Lipinski definition) is 4. The Morgan fingerprint density at radius 2 is 2.23 bits per heavy atom. The summed E-state index contributed by atoms with van der Waals surface area (Å²) in [6.45, 7) is 3.37. The summed E-state index contributed by atoms with van der Waals surface area (Å²) in [6.07, 6.45) is 2.42. The van der Waals surface area contributed by atoms with Crippen LogP contribution in [0, 0.1) is 5.92 Å². The van der Waals surface area contributed by atoms with Crippen LogP contribution in [0.25, 0.3) is 0 Å². The van der Waals surface area contributed by atoms with Crippen LogP contribution in [0.2, 0.25) is 0 Å². The summed E-state index contributed by atoms with van der Waals surface area (Å²) in [6, 6.07) is 6.03. The van der Waals surface area contributed by atoms with E-state index in [9.17, 15) is 4.79 Å². The summed E-state index contributed by atoms with van der Waals surface area (Å²) in [5.41, 5.74) is 0. The number of carbonyl (C=O) groups excluding carboxylic acids is 1. The lowest BCUT2D eigenvalue weighted by Crippen LogP contribution is -2.57. The van der Waals surface area contributed by atoms with E-state index in [2.05, 4.69) is 10.2 Å². The zero-order valence-corrected chi connectivity index (χ0v) is 13.9. The van der Waals surface area contributed by atoms with Crippen molar-refractivity contribution in [3.05, 3.63) is 39.2 Å². The Bertz CT molecular complexity index is 645. The van der Waals surface area contributed by atoms with E-state index in [0.29, 0.717) is 12.0 Å². The van der Waals surface area contributed by atoms with Crippen LogP contribution in [0.1, 0.15) is 22.5 Å². The minimum absolute atomic E-state index is 0.0299. The molecule has 3 aliphatic rings. The molecule has 5 rings (SSSR count). The molecule has 0 spiro atoms. The molecule has 116 valence electrons. The summed E-state index contributed by atoms with van der Waals surface area (Å²) in [5.74, 6) is 1.51. The molecule has 0 radical (unpaired) electrons. The fourth-order valence-electron chi connectivity index (χ4n) is 3.35. The highest BCUT2D eigenvalue weighted by Crippen LogP contribution is 2.31. The van der Waals surface area contributed by atoms with Crippen molar-refractivity contribution < 1.29 is 8.98 Å². The van der Waals surface area contributed by atoms with E-state index in [1.165, 1.54) is 25.9 Å². The molecule has 0 saturated carbocycles. The van der Waals surface area contributed by atoms with Crippen LogP contribution in [0.4, 0.5) is 0 Å². The van der Waals surface area contributed by atoms with Gasteiger partial charge in [0, 0.05) is 30.1 Å². The number of carbonyl (C=O) groups is 1. The molecule has 4 nitrogen and oxygen atoms in total. The number of thiophene rings is 2. The number of rotatable bonds is 4. The van der Waals surface area contributed by atoms with Gasteiger partial charge in [-0.05, 0) is 43.3 Å². The van der Waals surface area contributed by atoms with E-state index in [-0.39, 0.29) is 5.91 Å². The van der Waals surface area contributed by atoms with E-state index in [4.69, 9.17) is 4.18 Å². The van der Waals surface area contributed by atoms with E-state index >= 15 is 0 Å². The van der Waals surface area contributed by atoms with Gasteiger partial charge in [-0.15, -0.1) is 11.3 Å². The fourth-order valence-corrected chi connectivity index (χ4v) is 5.24. The van der Waals surface area contributed by atoms with Crippen LogP contribution < -0.4 is 9.50 Å². The molecular weight excluding hydrogens is 316 g/mol. The molecule has 0 aliphatic carbocycles. The smallest absolute Gasteiger partial charge is 0.308 e. The van der Waals surface area contributed by atoms with Crippen molar-refractivity contribution in [1.82, 2.24) is 10.2 Å². The Labute approximate surface area is 136 Å². The standard InChI is InChI=1S/C16H18N2O2S2/c19-16(17-14-10-18-6-3-12(14)4-7-18)15-2-1-9-22(15)20-13-5-8-21-11-13/h1-2,5,8-9,11-12,14H,3-4,6-7,10H2/p+1/t14-,22?/m0/s1. The zero-order valence-electron chi connectivity index (χ0n) is 12.2. The molecule has 5 heterocycles. The predicted octanol–water partition coefficient (Wildman–Crippen LogP) is 3.16. The second-order valence-corrected chi connectivity index (χ2v) is 8.17. The molecule has 2 bridgehead atoms. The first kappa shape index (κ1) is 14.2. The van der Waals surface area contributed by atoms with Gasteiger partial charge in [-0.1, -0.05) is 0 Å². The molecule has 22 heavy (non-hydrogen) atoms. The third-order valence-corrected chi connectivity index (χ3v) is 6.74. The lowest BCUT2D eigenvalue weighted by Gasteiger charge is -2.44. The Kier molecular flexibility index (Phi) is 3.90. The van der Waals surface area contributed by atoms with Crippen LogP contribution in [0.15, 0.2) is 34.3 Å².